The minimum absolute atomic E-state index is 0.0635. The van der Waals surface area contributed by atoms with Gasteiger partial charge in [-0.05, 0) is 56.1 Å². The third kappa shape index (κ3) is 3.89. The first-order valence-electron chi connectivity index (χ1n) is 10.4. The Kier molecular flexibility index (Phi) is 5.72. The summed E-state index contributed by atoms with van der Waals surface area (Å²) in [5.41, 5.74) is 6.91. The molecule has 0 saturated carbocycles. The Morgan fingerprint density at radius 3 is 2.57 bits per heavy atom. The van der Waals surface area contributed by atoms with Crippen LogP contribution in [0.5, 0.6) is 0 Å². The molecule has 30 heavy (non-hydrogen) atoms. The molecule has 2 aromatic carbocycles. The fourth-order valence-corrected chi connectivity index (χ4v) is 4.56. The van der Waals surface area contributed by atoms with Gasteiger partial charge in [0.2, 0.25) is 5.91 Å². The maximum absolute atomic E-state index is 13.2. The standard InChI is InChI=1S/C23H27FN4O2/c24-17-8-9-19(20(25)15-17)21(29)7-4-12-27-13-10-23(11-14-27)22(30)26-16-28(23)18-5-2-1-3-6-18/h1-3,5-6,8-9,15H,4,7,10-14,16,25H2,(H,26,30). The highest BCUT2D eigenvalue weighted by Gasteiger charge is 2.50. The molecule has 1 spiro atoms. The van der Waals surface area contributed by atoms with Gasteiger partial charge in [0.15, 0.2) is 5.78 Å². The van der Waals surface area contributed by atoms with Gasteiger partial charge in [-0.3, -0.25) is 9.59 Å². The smallest absolute Gasteiger partial charge is 0.247 e. The van der Waals surface area contributed by atoms with Crippen LogP contribution in [0.15, 0.2) is 48.5 Å². The molecule has 6 nitrogen and oxygen atoms in total. The molecule has 0 bridgehead atoms. The van der Waals surface area contributed by atoms with Gasteiger partial charge in [0.05, 0.1) is 6.67 Å². The number of carbonyl (C=O) groups is 2. The Labute approximate surface area is 175 Å². The molecule has 158 valence electrons. The minimum Gasteiger partial charge on any atom is -0.398 e. The monoisotopic (exact) mass is 410 g/mol. The van der Waals surface area contributed by atoms with Crippen LogP contribution in [0, 0.1) is 5.82 Å². The van der Waals surface area contributed by atoms with E-state index in [1.165, 1.54) is 18.2 Å². The van der Waals surface area contributed by atoms with Crippen molar-refractivity contribution in [1.29, 1.82) is 0 Å². The van der Waals surface area contributed by atoms with E-state index in [4.69, 9.17) is 5.73 Å². The maximum Gasteiger partial charge on any atom is 0.247 e. The predicted molar refractivity (Wildman–Crippen MR) is 115 cm³/mol. The van der Waals surface area contributed by atoms with Crippen LogP contribution in [0.1, 0.15) is 36.0 Å². The van der Waals surface area contributed by atoms with Gasteiger partial charge in [0, 0.05) is 36.4 Å². The highest BCUT2D eigenvalue weighted by Crippen LogP contribution is 2.36. The molecule has 2 aromatic rings. The van der Waals surface area contributed by atoms with Crippen LogP contribution in [0.25, 0.3) is 0 Å². The summed E-state index contributed by atoms with van der Waals surface area (Å²) >= 11 is 0. The SMILES string of the molecule is Nc1cc(F)ccc1C(=O)CCCN1CCC2(CC1)C(=O)NCN2c1ccccc1. The highest BCUT2D eigenvalue weighted by molar-refractivity contribution is 6.00. The van der Waals surface area contributed by atoms with Crippen molar-refractivity contribution in [3.05, 3.63) is 59.9 Å². The number of nitrogens with two attached hydrogens (primary N) is 1. The molecule has 1 amide bonds. The van der Waals surface area contributed by atoms with E-state index in [-0.39, 0.29) is 17.4 Å². The van der Waals surface area contributed by atoms with Gasteiger partial charge < -0.3 is 20.9 Å². The van der Waals surface area contributed by atoms with E-state index >= 15 is 0 Å². The lowest BCUT2D eigenvalue weighted by atomic mass is 9.85. The first-order chi connectivity index (χ1) is 14.5. The van der Waals surface area contributed by atoms with Gasteiger partial charge in [-0.25, -0.2) is 4.39 Å². The van der Waals surface area contributed by atoms with Gasteiger partial charge >= 0.3 is 0 Å². The van der Waals surface area contributed by atoms with Crippen LogP contribution in [-0.2, 0) is 4.79 Å². The third-order valence-electron chi connectivity index (χ3n) is 6.28. The van der Waals surface area contributed by atoms with E-state index in [0.29, 0.717) is 25.1 Å². The zero-order chi connectivity index (χ0) is 21.1. The summed E-state index contributed by atoms with van der Waals surface area (Å²) in [6.07, 6.45) is 2.59. The van der Waals surface area contributed by atoms with Gasteiger partial charge in [-0.1, -0.05) is 18.2 Å². The lowest BCUT2D eigenvalue weighted by molar-refractivity contribution is -0.125. The first-order valence-corrected chi connectivity index (χ1v) is 10.4. The number of nitrogen functional groups attached to an aromatic ring is 1. The summed E-state index contributed by atoms with van der Waals surface area (Å²) in [7, 11) is 0. The molecule has 4 rings (SSSR count). The summed E-state index contributed by atoms with van der Waals surface area (Å²) in [5.74, 6) is -0.397. The minimum atomic E-state index is -0.490. The van der Waals surface area contributed by atoms with E-state index in [2.05, 4.69) is 15.1 Å². The van der Waals surface area contributed by atoms with Crippen LogP contribution < -0.4 is 16.0 Å². The summed E-state index contributed by atoms with van der Waals surface area (Å²) in [5, 5.41) is 3.01. The number of anilines is 2. The van der Waals surface area contributed by atoms with E-state index in [0.717, 1.165) is 38.2 Å². The summed E-state index contributed by atoms with van der Waals surface area (Å²) in [6.45, 7) is 2.94. The Morgan fingerprint density at radius 2 is 1.87 bits per heavy atom. The Bertz CT molecular complexity index is 926. The highest BCUT2D eigenvalue weighted by atomic mass is 19.1. The Hall–Kier alpha value is -2.93. The molecule has 0 unspecified atom stereocenters. The molecular weight excluding hydrogens is 383 g/mol. The molecule has 0 aliphatic carbocycles. The van der Waals surface area contributed by atoms with Crippen LogP contribution in [0.3, 0.4) is 0 Å². The van der Waals surface area contributed by atoms with Crippen molar-refractivity contribution in [2.75, 3.05) is 36.9 Å². The molecule has 2 fully saturated rings. The first kappa shape index (κ1) is 20.3. The van der Waals surface area contributed by atoms with Crippen molar-refractivity contribution in [2.24, 2.45) is 0 Å². The van der Waals surface area contributed by atoms with Crippen LogP contribution in [0.2, 0.25) is 0 Å². The number of amides is 1. The molecule has 0 atom stereocenters. The fraction of sp³-hybridized carbons (Fsp3) is 0.391. The lowest BCUT2D eigenvalue weighted by Gasteiger charge is -2.43. The predicted octanol–water partition coefficient (Wildman–Crippen LogP) is 2.80. The Balaban J connectivity index is 1.31. The van der Waals surface area contributed by atoms with E-state index in [1.54, 1.807) is 0 Å². The number of nitrogens with one attached hydrogen (secondary N) is 1. The topological polar surface area (TPSA) is 78.7 Å². The second-order valence-electron chi connectivity index (χ2n) is 8.06. The zero-order valence-electron chi connectivity index (χ0n) is 16.9. The number of carbonyl (C=O) groups excluding carboxylic acids is 2. The number of nitrogens with zero attached hydrogens (tertiary/aromatic N) is 2. The number of hydrogen-bond acceptors (Lipinski definition) is 5. The molecular formula is C23H27FN4O2. The molecule has 0 radical (unpaired) electrons. The van der Waals surface area contributed by atoms with Crippen molar-refractivity contribution >= 4 is 23.1 Å². The Morgan fingerprint density at radius 1 is 1.13 bits per heavy atom. The van der Waals surface area contributed by atoms with E-state index in [9.17, 15) is 14.0 Å². The molecule has 3 N–H and O–H groups in total. The molecule has 2 saturated heterocycles. The maximum atomic E-state index is 13.2. The van der Waals surface area contributed by atoms with Gasteiger partial charge in [-0.15, -0.1) is 0 Å². The normalized spacial score (nSPS) is 18.6. The molecule has 2 aliphatic rings. The number of rotatable bonds is 6. The molecule has 0 aromatic heterocycles. The summed E-state index contributed by atoms with van der Waals surface area (Å²) in [4.78, 5) is 29.6. The van der Waals surface area contributed by atoms with Crippen molar-refractivity contribution < 1.29 is 14.0 Å². The number of ketones is 1. The molecule has 2 aliphatic heterocycles. The van der Waals surface area contributed by atoms with Crippen molar-refractivity contribution in [1.82, 2.24) is 10.2 Å². The van der Waals surface area contributed by atoms with Crippen molar-refractivity contribution in [2.45, 2.75) is 31.2 Å². The van der Waals surface area contributed by atoms with Gasteiger partial charge in [0.25, 0.3) is 0 Å². The van der Waals surface area contributed by atoms with Crippen LogP contribution in [0.4, 0.5) is 15.8 Å². The van der Waals surface area contributed by atoms with Crippen molar-refractivity contribution in [3.63, 3.8) is 0 Å². The zero-order valence-corrected chi connectivity index (χ0v) is 16.9. The van der Waals surface area contributed by atoms with E-state index < -0.39 is 11.4 Å². The molecule has 7 heteroatoms. The number of Topliss-reactive ketones (excluding diaryl/α,β-unsaturated/α-hetero) is 1. The van der Waals surface area contributed by atoms with Gasteiger partial charge in [0.1, 0.15) is 11.4 Å². The van der Waals surface area contributed by atoms with Crippen LogP contribution in [-0.4, -0.2) is 48.4 Å². The number of benzene rings is 2. The average Bonchev–Trinajstić information content (AvgIpc) is 3.06. The fourth-order valence-electron chi connectivity index (χ4n) is 4.56. The molecule has 2 heterocycles. The average molecular weight is 410 g/mol. The van der Waals surface area contributed by atoms with Crippen LogP contribution >= 0.6 is 0 Å². The largest absolute Gasteiger partial charge is 0.398 e. The summed E-state index contributed by atoms with van der Waals surface area (Å²) < 4.78 is 13.2. The summed E-state index contributed by atoms with van der Waals surface area (Å²) in [6, 6.07) is 13.9. The third-order valence-corrected chi connectivity index (χ3v) is 6.28. The number of hydrogen-bond donors (Lipinski definition) is 2. The lowest BCUT2D eigenvalue weighted by Crippen LogP contribution is -2.56. The number of para-hydroxylation sites is 1. The number of piperidine rings is 1. The van der Waals surface area contributed by atoms with Gasteiger partial charge in [-0.2, -0.15) is 0 Å². The quantitative estimate of drug-likeness (QED) is 0.566. The second kappa shape index (κ2) is 8.44. The second-order valence-corrected chi connectivity index (χ2v) is 8.06. The van der Waals surface area contributed by atoms with E-state index in [1.807, 2.05) is 30.3 Å². The van der Waals surface area contributed by atoms with Crippen molar-refractivity contribution in [3.8, 4) is 0 Å². The number of halogens is 1. The number of likely N-dealkylation sites (tertiary alicyclic amines) is 1.